The van der Waals surface area contributed by atoms with Crippen LogP contribution >= 0.6 is 22.9 Å². The van der Waals surface area contributed by atoms with E-state index in [4.69, 9.17) is 11.6 Å². The molecule has 182 valence electrons. The fourth-order valence-corrected chi connectivity index (χ4v) is 5.75. The lowest BCUT2D eigenvalue weighted by Crippen LogP contribution is -2.34. The molecule has 9 nitrogen and oxygen atoms in total. The summed E-state index contributed by atoms with van der Waals surface area (Å²) in [4.78, 5) is 29.4. The van der Waals surface area contributed by atoms with E-state index in [1.165, 1.54) is 29.0 Å². The number of hydrogen-bond donors (Lipinski definition) is 3. The van der Waals surface area contributed by atoms with Gasteiger partial charge in [0.2, 0.25) is 0 Å². The quantitative estimate of drug-likeness (QED) is 0.334. The third-order valence-corrected chi connectivity index (χ3v) is 8.03. The Morgan fingerprint density at radius 1 is 1.23 bits per heavy atom. The molecule has 2 amide bonds. The molecule has 4 rings (SSSR count). The molecule has 0 aliphatic heterocycles. The molecule has 35 heavy (non-hydrogen) atoms. The summed E-state index contributed by atoms with van der Waals surface area (Å²) in [6.07, 6.45) is 2.89. The molecule has 0 atom stereocenters. The minimum Gasteiger partial charge on any atom is -0.383 e. The molecule has 0 bridgehead atoms. The molecule has 3 N–H and O–H groups in total. The van der Waals surface area contributed by atoms with Gasteiger partial charge >= 0.3 is 6.03 Å². The number of fused-ring (bicyclic) bond motifs is 1. The van der Waals surface area contributed by atoms with Crippen molar-refractivity contribution in [3.05, 3.63) is 74.9 Å². The Morgan fingerprint density at radius 3 is 2.66 bits per heavy atom. The largest absolute Gasteiger partial charge is 0.383 e. The van der Waals surface area contributed by atoms with E-state index < -0.39 is 27.4 Å². The summed E-state index contributed by atoms with van der Waals surface area (Å²) < 4.78 is 42.3. The number of urea groups is 1. The van der Waals surface area contributed by atoms with Gasteiger partial charge in [-0.1, -0.05) is 11.6 Å². The first-order valence-corrected chi connectivity index (χ1v) is 12.9. The van der Waals surface area contributed by atoms with Gasteiger partial charge in [0.1, 0.15) is 15.8 Å². The van der Waals surface area contributed by atoms with Gasteiger partial charge in [-0.2, -0.15) is 0 Å². The van der Waals surface area contributed by atoms with E-state index in [0.717, 1.165) is 11.3 Å². The van der Waals surface area contributed by atoms with Crippen molar-refractivity contribution >= 4 is 61.3 Å². The first kappa shape index (κ1) is 24.6. The average Bonchev–Trinajstić information content (AvgIpc) is 3.24. The van der Waals surface area contributed by atoms with Crippen LogP contribution in [0.15, 0.2) is 57.8 Å². The van der Waals surface area contributed by atoms with Crippen molar-refractivity contribution in [1.82, 2.24) is 14.3 Å². The lowest BCUT2D eigenvalue weighted by Gasteiger charge is -2.12. The summed E-state index contributed by atoms with van der Waals surface area (Å²) in [5.74, 6) is -0.435. The van der Waals surface area contributed by atoms with Crippen LogP contribution in [0.1, 0.15) is 12.5 Å². The fraction of sp³-hybridized carbons (Fsp3) is 0.136. The Kier molecular flexibility index (Phi) is 6.79. The number of halogens is 2. The van der Waals surface area contributed by atoms with E-state index in [-0.39, 0.29) is 19.7 Å². The van der Waals surface area contributed by atoms with Crippen molar-refractivity contribution in [1.29, 1.82) is 0 Å². The first-order chi connectivity index (χ1) is 16.6. The number of sulfonamides is 1. The number of rotatable bonds is 6. The molecule has 0 fully saturated rings. The molecule has 1 aromatic carbocycles. The van der Waals surface area contributed by atoms with Crippen LogP contribution in [0.5, 0.6) is 0 Å². The summed E-state index contributed by atoms with van der Waals surface area (Å²) in [5, 5.41) is 6.07. The third-order valence-electron chi connectivity index (χ3n) is 4.97. The van der Waals surface area contributed by atoms with Crippen molar-refractivity contribution in [3.8, 4) is 5.69 Å². The van der Waals surface area contributed by atoms with E-state index in [1.807, 2.05) is 11.6 Å². The monoisotopic (exact) mass is 535 g/mol. The van der Waals surface area contributed by atoms with Gasteiger partial charge in [-0.05, 0) is 61.2 Å². The van der Waals surface area contributed by atoms with Crippen LogP contribution in [0.3, 0.4) is 0 Å². The highest BCUT2D eigenvalue weighted by molar-refractivity contribution is 7.92. The molecule has 0 aliphatic rings. The van der Waals surface area contributed by atoms with E-state index in [9.17, 15) is 22.4 Å². The number of aromatic nitrogens is 2. The smallest absolute Gasteiger partial charge is 0.334 e. The number of anilines is 2. The molecule has 4 aromatic rings. The summed E-state index contributed by atoms with van der Waals surface area (Å²) in [6.45, 7) is 4.02. The van der Waals surface area contributed by atoms with Gasteiger partial charge in [-0.15, -0.1) is 11.3 Å². The number of pyridine rings is 2. The Labute approximate surface area is 208 Å². The number of hydrogen-bond acceptors (Lipinski definition) is 7. The molecule has 13 heteroatoms. The van der Waals surface area contributed by atoms with Gasteiger partial charge in [-0.25, -0.2) is 27.3 Å². The van der Waals surface area contributed by atoms with Crippen molar-refractivity contribution in [2.75, 3.05) is 17.2 Å². The average molecular weight is 536 g/mol. The normalized spacial score (nSPS) is 11.4. The summed E-state index contributed by atoms with van der Waals surface area (Å²) in [7, 11) is -4.10. The highest BCUT2D eigenvalue weighted by atomic mass is 35.5. The van der Waals surface area contributed by atoms with Gasteiger partial charge in [0.25, 0.3) is 15.6 Å². The van der Waals surface area contributed by atoms with Crippen LogP contribution in [-0.4, -0.2) is 30.5 Å². The molecule has 0 aliphatic carbocycles. The Bertz CT molecular complexity index is 1620. The van der Waals surface area contributed by atoms with Gasteiger partial charge < -0.3 is 5.32 Å². The first-order valence-electron chi connectivity index (χ1n) is 10.2. The summed E-state index contributed by atoms with van der Waals surface area (Å²) >= 11 is 6.57. The second kappa shape index (κ2) is 9.64. The summed E-state index contributed by atoms with van der Waals surface area (Å²) in [6, 6.07) is 7.73. The van der Waals surface area contributed by atoms with Gasteiger partial charge in [0.05, 0.1) is 27.3 Å². The number of carbonyl (C=O) groups excluding carboxylic acids is 1. The lowest BCUT2D eigenvalue weighted by atomic mass is 10.1. The Balaban J connectivity index is 1.58. The molecular formula is C22H19ClFN5O4S2. The van der Waals surface area contributed by atoms with Crippen molar-refractivity contribution in [2.24, 2.45) is 0 Å². The van der Waals surface area contributed by atoms with E-state index in [2.05, 4.69) is 15.6 Å². The maximum absolute atomic E-state index is 14.4. The summed E-state index contributed by atoms with van der Waals surface area (Å²) in [5.41, 5.74) is 0.727. The molecule has 0 spiro atoms. The zero-order valence-corrected chi connectivity index (χ0v) is 20.8. The molecule has 3 aromatic heterocycles. The predicted molar refractivity (Wildman–Crippen MR) is 135 cm³/mol. The minimum atomic E-state index is -4.10. The second-order valence-electron chi connectivity index (χ2n) is 7.42. The highest BCUT2D eigenvalue weighted by Gasteiger charge is 2.20. The zero-order chi connectivity index (χ0) is 25.3. The molecule has 0 unspecified atom stereocenters. The number of amides is 2. The molecular weight excluding hydrogens is 517 g/mol. The van der Waals surface area contributed by atoms with Crippen LogP contribution in [0.4, 0.5) is 20.7 Å². The Hall–Kier alpha value is -3.48. The van der Waals surface area contributed by atoms with E-state index >= 15 is 0 Å². The van der Waals surface area contributed by atoms with E-state index in [0.29, 0.717) is 28.9 Å². The molecule has 0 radical (unpaired) electrons. The number of nitrogens with zero attached hydrogens (tertiary/aromatic N) is 2. The van der Waals surface area contributed by atoms with Gasteiger partial charge in [0, 0.05) is 12.7 Å². The third kappa shape index (κ3) is 5.14. The molecule has 3 heterocycles. The fourth-order valence-electron chi connectivity index (χ4n) is 3.36. The van der Waals surface area contributed by atoms with Gasteiger partial charge in [0.15, 0.2) is 0 Å². The number of thiophene rings is 1. The Morgan fingerprint density at radius 2 is 2.00 bits per heavy atom. The number of carbonyl (C=O) groups is 1. The predicted octanol–water partition coefficient (Wildman–Crippen LogP) is 4.49. The maximum Gasteiger partial charge on any atom is 0.334 e. The number of nitrogens with one attached hydrogen (secondary N) is 3. The van der Waals surface area contributed by atoms with E-state index in [1.54, 1.807) is 31.3 Å². The zero-order valence-electron chi connectivity index (χ0n) is 18.4. The SMILES string of the molecule is CCNc1cc2ccn(-c3cnc(NC(=O)NS(=O)(=O)c4ccc(Cl)s4)c(C)c3)c(=O)c2cc1F. The number of benzene rings is 1. The highest BCUT2D eigenvalue weighted by Crippen LogP contribution is 2.25. The van der Waals surface area contributed by atoms with Gasteiger partial charge in [-0.3, -0.25) is 14.7 Å². The van der Waals surface area contributed by atoms with Crippen LogP contribution in [-0.2, 0) is 10.0 Å². The molecule has 0 saturated carbocycles. The maximum atomic E-state index is 14.4. The number of aryl methyl sites for hydroxylation is 1. The van der Waals surface area contributed by atoms with Crippen LogP contribution in [0, 0.1) is 12.7 Å². The molecule has 0 saturated heterocycles. The lowest BCUT2D eigenvalue weighted by molar-refractivity contribution is 0.256. The van der Waals surface area contributed by atoms with Crippen molar-refractivity contribution in [2.45, 2.75) is 18.1 Å². The second-order valence-corrected chi connectivity index (χ2v) is 11.0. The van der Waals surface area contributed by atoms with Crippen LogP contribution in [0.2, 0.25) is 4.34 Å². The van der Waals surface area contributed by atoms with Crippen LogP contribution in [0.25, 0.3) is 16.5 Å². The topological polar surface area (TPSA) is 122 Å². The minimum absolute atomic E-state index is 0.0980. The van der Waals surface area contributed by atoms with Crippen molar-refractivity contribution in [3.63, 3.8) is 0 Å². The van der Waals surface area contributed by atoms with Crippen molar-refractivity contribution < 1.29 is 17.6 Å². The van der Waals surface area contributed by atoms with Crippen LogP contribution < -0.4 is 20.9 Å². The standard InChI is InChI=1S/C22H19ClFN5O4S2/c1-3-25-17-9-13-6-7-29(21(30)15(13)10-16(17)24)14-8-12(2)20(26-11-14)27-22(31)28-35(32,33)19-5-4-18(23)34-19/h4-11,25H,3H2,1-2H3,(H2,26,27,28,31).